The fourth-order valence-corrected chi connectivity index (χ4v) is 3.95. The lowest BCUT2D eigenvalue weighted by molar-refractivity contribution is 0.586. The van der Waals surface area contributed by atoms with Gasteiger partial charge in [0, 0.05) is 22.8 Å². The number of nitrogens with one attached hydrogen (secondary N) is 2. The molecule has 0 aliphatic heterocycles. The topological polar surface area (TPSA) is 59.7 Å². The molecule has 170 valence electrons. The van der Waals surface area contributed by atoms with Gasteiger partial charge in [-0.1, -0.05) is 47.5 Å². The number of rotatable bonds is 6. The van der Waals surface area contributed by atoms with E-state index in [1.165, 1.54) is 17.2 Å². The molecule has 0 spiro atoms. The van der Waals surface area contributed by atoms with Crippen LogP contribution in [0.5, 0.6) is 0 Å². The Balaban J connectivity index is 1.41. The highest BCUT2D eigenvalue weighted by atomic mass is 35.5. The van der Waals surface area contributed by atoms with Crippen molar-refractivity contribution in [3.8, 4) is 0 Å². The first-order valence-electron chi connectivity index (χ1n) is 10.4. The zero-order chi connectivity index (χ0) is 23.5. The minimum atomic E-state index is -0.363. The molecule has 33 heavy (non-hydrogen) atoms. The third-order valence-electron chi connectivity index (χ3n) is 5.34. The number of thiocarbonyl (C=S) groups is 1. The number of nitrogens with zero attached hydrogens (tertiary/aromatic N) is 4. The molecule has 4 aromatic rings. The Labute approximate surface area is 202 Å². The molecule has 2 aromatic carbocycles. The summed E-state index contributed by atoms with van der Waals surface area (Å²) >= 11 is 11.6. The number of anilines is 2. The van der Waals surface area contributed by atoms with Crippen molar-refractivity contribution < 1.29 is 4.39 Å². The second-order valence-corrected chi connectivity index (χ2v) is 8.68. The van der Waals surface area contributed by atoms with Crippen LogP contribution in [0.2, 0.25) is 5.02 Å². The minimum Gasteiger partial charge on any atom is -0.329 e. The van der Waals surface area contributed by atoms with Gasteiger partial charge in [-0.05, 0) is 50.7 Å². The average Bonchev–Trinajstić information content (AvgIpc) is 3.31. The molecule has 2 heterocycles. The quantitative estimate of drug-likeness (QED) is 0.345. The molecule has 6 nitrogen and oxygen atoms in total. The van der Waals surface area contributed by atoms with E-state index in [4.69, 9.17) is 23.8 Å². The van der Waals surface area contributed by atoms with Crippen LogP contribution in [0.15, 0.2) is 54.7 Å². The summed E-state index contributed by atoms with van der Waals surface area (Å²) in [5.41, 5.74) is 5.49. The monoisotopic (exact) mass is 482 g/mol. The first kappa shape index (κ1) is 22.9. The lowest BCUT2D eigenvalue weighted by Gasteiger charge is -2.10. The normalized spacial score (nSPS) is 10.9. The first-order chi connectivity index (χ1) is 15.8. The van der Waals surface area contributed by atoms with Crippen LogP contribution in [-0.2, 0) is 13.1 Å². The fourth-order valence-electron chi connectivity index (χ4n) is 3.52. The van der Waals surface area contributed by atoms with Gasteiger partial charge in [0.05, 0.1) is 30.2 Å². The lowest BCUT2D eigenvalue weighted by Crippen LogP contribution is -2.20. The molecule has 0 amide bonds. The molecule has 0 aliphatic carbocycles. The molecular weight excluding hydrogens is 459 g/mol. The second-order valence-electron chi connectivity index (χ2n) is 7.87. The molecule has 0 saturated carbocycles. The Kier molecular flexibility index (Phi) is 6.76. The maximum atomic E-state index is 14.0. The number of hydrogen-bond donors (Lipinski definition) is 2. The van der Waals surface area contributed by atoms with Crippen LogP contribution in [-0.4, -0.2) is 24.7 Å². The number of aryl methyl sites for hydroxylation is 2. The summed E-state index contributed by atoms with van der Waals surface area (Å²) in [4.78, 5) is 0. The van der Waals surface area contributed by atoms with E-state index < -0.39 is 0 Å². The molecule has 0 unspecified atom stereocenters. The maximum Gasteiger partial charge on any atom is 0.176 e. The van der Waals surface area contributed by atoms with Crippen molar-refractivity contribution in [1.29, 1.82) is 0 Å². The van der Waals surface area contributed by atoms with Crippen LogP contribution in [0.1, 0.15) is 28.1 Å². The average molecular weight is 483 g/mol. The Hall–Kier alpha value is -3.23. The molecule has 0 aliphatic rings. The summed E-state index contributed by atoms with van der Waals surface area (Å²) in [7, 11) is 0. The Morgan fingerprint density at radius 2 is 1.76 bits per heavy atom. The van der Waals surface area contributed by atoms with E-state index in [1.54, 1.807) is 29.1 Å². The van der Waals surface area contributed by atoms with Gasteiger partial charge in [0.15, 0.2) is 10.9 Å². The number of aromatic nitrogens is 4. The molecule has 9 heteroatoms. The van der Waals surface area contributed by atoms with Gasteiger partial charge >= 0.3 is 0 Å². The van der Waals surface area contributed by atoms with Crippen LogP contribution in [0.25, 0.3) is 0 Å². The van der Waals surface area contributed by atoms with E-state index in [2.05, 4.69) is 52.0 Å². The molecule has 2 N–H and O–H groups in total. The highest BCUT2D eigenvalue weighted by Crippen LogP contribution is 2.22. The second kappa shape index (κ2) is 9.72. The van der Waals surface area contributed by atoms with Crippen LogP contribution in [0.4, 0.5) is 15.9 Å². The summed E-state index contributed by atoms with van der Waals surface area (Å²) in [6.45, 7) is 6.92. The molecule has 2 aromatic heterocycles. The van der Waals surface area contributed by atoms with Crippen molar-refractivity contribution in [2.24, 2.45) is 0 Å². The highest BCUT2D eigenvalue weighted by Gasteiger charge is 2.14. The summed E-state index contributed by atoms with van der Waals surface area (Å²) in [6, 6.07) is 14.8. The summed E-state index contributed by atoms with van der Waals surface area (Å²) < 4.78 is 17.6. The molecule has 0 bridgehead atoms. The zero-order valence-electron chi connectivity index (χ0n) is 18.6. The Morgan fingerprint density at radius 3 is 2.48 bits per heavy atom. The van der Waals surface area contributed by atoms with Gasteiger partial charge in [0.25, 0.3) is 0 Å². The predicted molar refractivity (Wildman–Crippen MR) is 135 cm³/mol. The molecule has 4 rings (SSSR count). The van der Waals surface area contributed by atoms with Crippen LogP contribution in [0, 0.1) is 26.6 Å². The van der Waals surface area contributed by atoms with Gasteiger partial charge in [-0.15, -0.1) is 0 Å². The zero-order valence-corrected chi connectivity index (χ0v) is 20.1. The van der Waals surface area contributed by atoms with Gasteiger partial charge in [0.2, 0.25) is 0 Å². The van der Waals surface area contributed by atoms with E-state index in [9.17, 15) is 4.39 Å². The third-order valence-corrected chi connectivity index (χ3v) is 5.90. The smallest absolute Gasteiger partial charge is 0.176 e. The first-order valence-corrected chi connectivity index (χ1v) is 11.2. The van der Waals surface area contributed by atoms with Gasteiger partial charge in [-0.2, -0.15) is 10.2 Å². The van der Waals surface area contributed by atoms with E-state index >= 15 is 0 Å². The summed E-state index contributed by atoms with van der Waals surface area (Å²) in [5, 5.41) is 16.1. The van der Waals surface area contributed by atoms with Crippen molar-refractivity contribution in [2.45, 2.75) is 33.9 Å². The van der Waals surface area contributed by atoms with Crippen LogP contribution in [0.3, 0.4) is 0 Å². The third kappa shape index (κ3) is 5.40. The molecule has 0 radical (unpaired) electrons. The van der Waals surface area contributed by atoms with Crippen LogP contribution < -0.4 is 10.6 Å². The van der Waals surface area contributed by atoms with Crippen LogP contribution >= 0.6 is 23.8 Å². The van der Waals surface area contributed by atoms with Crippen molar-refractivity contribution in [1.82, 2.24) is 19.6 Å². The van der Waals surface area contributed by atoms with Crippen molar-refractivity contribution in [2.75, 3.05) is 10.6 Å². The SMILES string of the molecule is Cc1ccc(Cn2nc(C)c(NC(=S)Nc3ccn(Cc4c(F)cccc4Cl)n3)c2C)cc1. The largest absolute Gasteiger partial charge is 0.329 e. The van der Waals surface area contributed by atoms with Gasteiger partial charge in [-0.25, -0.2) is 4.39 Å². The van der Waals surface area contributed by atoms with E-state index in [1.807, 2.05) is 18.5 Å². The minimum absolute atomic E-state index is 0.220. The van der Waals surface area contributed by atoms with Crippen molar-refractivity contribution in [3.05, 3.63) is 93.6 Å². The maximum absolute atomic E-state index is 14.0. The fraction of sp³-hybridized carbons (Fsp3) is 0.208. The standard InChI is InChI=1S/C24H24ClFN6S/c1-15-7-9-18(10-8-15)13-32-17(3)23(16(2)29-32)28-24(33)27-22-11-12-31(30-22)14-19-20(25)5-4-6-21(19)26/h4-12H,13-14H2,1-3H3,(H2,27,28,30,33). The van der Waals surface area contributed by atoms with Gasteiger partial charge < -0.3 is 10.6 Å². The van der Waals surface area contributed by atoms with Crippen molar-refractivity contribution in [3.63, 3.8) is 0 Å². The number of halogens is 2. The van der Waals surface area contributed by atoms with Gasteiger partial charge in [0.1, 0.15) is 5.82 Å². The molecule has 0 saturated heterocycles. The Morgan fingerprint density at radius 1 is 1.00 bits per heavy atom. The van der Waals surface area contributed by atoms with Gasteiger partial charge in [-0.3, -0.25) is 9.36 Å². The number of hydrogen-bond acceptors (Lipinski definition) is 3. The number of benzene rings is 2. The Bertz CT molecular complexity index is 1270. The molecule has 0 atom stereocenters. The van der Waals surface area contributed by atoms with E-state index in [-0.39, 0.29) is 12.4 Å². The highest BCUT2D eigenvalue weighted by molar-refractivity contribution is 7.80. The molecule has 0 fully saturated rings. The van der Waals surface area contributed by atoms with E-state index in [0.717, 1.165) is 17.1 Å². The van der Waals surface area contributed by atoms with E-state index in [0.29, 0.717) is 28.1 Å². The molecular formula is C24H24ClFN6S. The predicted octanol–water partition coefficient (Wildman–Crippen LogP) is 5.70. The summed E-state index contributed by atoms with van der Waals surface area (Å²) in [5.74, 6) is 0.181. The lowest BCUT2D eigenvalue weighted by atomic mass is 10.1. The van der Waals surface area contributed by atoms with Crippen molar-refractivity contribution >= 4 is 40.4 Å². The summed E-state index contributed by atoms with van der Waals surface area (Å²) in [6.07, 6.45) is 1.74.